The van der Waals surface area contributed by atoms with Crippen molar-refractivity contribution in [2.24, 2.45) is 0 Å². The lowest BCUT2D eigenvalue weighted by molar-refractivity contribution is 0.103. The zero-order valence-corrected chi connectivity index (χ0v) is 15.4. The first-order valence-electron chi connectivity index (χ1n) is 8.48. The molecule has 0 saturated carbocycles. The number of benzene rings is 1. The van der Waals surface area contributed by atoms with Crippen molar-refractivity contribution in [2.45, 2.75) is 45.4 Å². The Morgan fingerprint density at radius 3 is 2.96 bits per heavy atom. The zero-order chi connectivity index (χ0) is 16.5. The molecule has 1 aliphatic heterocycles. The van der Waals surface area contributed by atoms with Gasteiger partial charge in [-0.05, 0) is 44.1 Å². The van der Waals surface area contributed by atoms with E-state index in [9.17, 15) is 0 Å². The van der Waals surface area contributed by atoms with Crippen LogP contribution in [0.5, 0.6) is 0 Å². The highest BCUT2D eigenvalue weighted by Gasteiger charge is 2.27. The molecule has 126 valence electrons. The molecule has 5 nitrogen and oxygen atoms in total. The molecule has 0 N–H and O–H groups in total. The van der Waals surface area contributed by atoms with Gasteiger partial charge in [0.1, 0.15) is 11.3 Å². The van der Waals surface area contributed by atoms with Gasteiger partial charge in [0.15, 0.2) is 4.77 Å². The van der Waals surface area contributed by atoms with Gasteiger partial charge >= 0.3 is 0 Å². The summed E-state index contributed by atoms with van der Waals surface area (Å²) in [6.45, 7) is 4.76. The van der Waals surface area contributed by atoms with Gasteiger partial charge in [-0.1, -0.05) is 18.6 Å². The molecule has 24 heavy (non-hydrogen) atoms. The average Bonchev–Trinajstić information content (AvgIpc) is 3.19. The molecule has 1 atom stereocenters. The van der Waals surface area contributed by atoms with Gasteiger partial charge in [-0.3, -0.25) is 4.90 Å². The van der Waals surface area contributed by atoms with Crippen molar-refractivity contribution in [3.05, 3.63) is 40.4 Å². The summed E-state index contributed by atoms with van der Waals surface area (Å²) < 4.78 is 6.01. The van der Waals surface area contributed by atoms with Crippen LogP contribution in [0.2, 0.25) is 0 Å². The summed E-state index contributed by atoms with van der Waals surface area (Å²) in [5.74, 6) is 0. The largest absolute Gasteiger partial charge is 0.307 e. The summed E-state index contributed by atoms with van der Waals surface area (Å²) in [5, 5.41) is 5.69. The van der Waals surface area contributed by atoms with Crippen LogP contribution in [-0.4, -0.2) is 30.8 Å². The maximum absolute atomic E-state index is 5.52. The lowest BCUT2D eigenvalue weighted by Crippen LogP contribution is -2.35. The summed E-state index contributed by atoms with van der Waals surface area (Å²) in [5.41, 5.74) is 1.11. The van der Waals surface area contributed by atoms with Crippen LogP contribution >= 0.6 is 23.6 Å². The number of likely N-dealkylation sites (tertiary alicyclic amines) is 1. The van der Waals surface area contributed by atoms with Crippen molar-refractivity contribution in [3.8, 4) is 0 Å². The van der Waals surface area contributed by atoms with Gasteiger partial charge in [-0.2, -0.15) is 5.10 Å². The molecule has 0 amide bonds. The molecular weight excluding hydrogens is 338 g/mol. The van der Waals surface area contributed by atoms with Gasteiger partial charge < -0.3 is 4.57 Å². The van der Waals surface area contributed by atoms with E-state index in [2.05, 4.69) is 41.2 Å². The Hall–Kier alpha value is -1.57. The molecule has 0 radical (unpaired) electrons. The molecule has 7 heteroatoms. The first kappa shape index (κ1) is 15.9. The lowest BCUT2D eigenvalue weighted by atomic mass is 10.0. The van der Waals surface area contributed by atoms with E-state index in [1.54, 1.807) is 0 Å². The summed E-state index contributed by atoms with van der Waals surface area (Å²) in [7, 11) is 0. The molecular formula is C17H21N5S2. The van der Waals surface area contributed by atoms with Crippen LogP contribution < -0.4 is 0 Å². The first-order chi connectivity index (χ1) is 11.8. The lowest BCUT2D eigenvalue weighted by Gasteiger charge is -2.34. The van der Waals surface area contributed by atoms with Crippen LogP contribution in [0.4, 0.5) is 0 Å². The Morgan fingerprint density at radius 2 is 2.17 bits per heavy atom. The average molecular weight is 360 g/mol. The zero-order valence-electron chi connectivity index (χ0n) is 13.8. The topological polar surface area (TPSA) is 38.9 Å². The van der Waals surface area contributed by atoms with Crippen molar-refractivity contribution in [3.63, 3.8) is 0 Å². The van der Waals surface area contributed by atoms with Crippen LogP contribution in [0.3, 0.4) is 0 Å². The molecule has 1 fully saturated rings. The SMILES string of the molecule is CCn1cnn(CN2CCCC[C@@H]2c2nc3ccccc3s2)c1=S. The summed E-state index contributed by atoms with van der Waals surface area (Å²) in [4.78, 5) is 7.36. The molecule has 2 aromatic heterocycles. The van der Waals surface area contributed by atoms with E-state index in [1.807, 2.05) is 26.9 Å². The Bertz CT molecular complexity index is 861. The Kier molecular flexibility index (Phi) is 4.47. The molecule has 3 aromatic rings. The number of para-hydroxylation sites is 1. The fourth-order valence-electron chi connectivity index (χ4n) is 3.33. The van der Waals surface area contributed by atoms with Gasteiger partial charge in [0.2, 0.25) is 0 Å². The van der Waals surface area contributed by atoms with Crippen molar-refractivity contribution < 1.29 is 0 Å². The van der Waals surface area contributed by atoms with Crippen molar-refractivity contribution in [1.82, 2.24) is 24.2 Å². The molecule has 0 spiro atoms. The Balaban J connectivity index is 1.62. The van der Waals surface area contributed by atoms with E-state index >= 15 is 0 Å². The monoisotopic (exact) mass is 359 g/mol. The van der Waals surface area contributed by atoms with E-state index in [4.69, 9.17) is 17.2 Å². The Labute approximate surface area is 150 Å². The number of hydrogen-bond donors (Lipinski definition) is 0. The van der Waals surface area contributed by atoms with E-state index < -0.39 is 0 Å². The van der Waals surface area contributed by atoms with Crippen LogP contribution in [0.15, 0.2) is 30.6 Å². The number of rotatable bonds is 4. The van der Waals surface area contributed by atoms with Crippen molar-refractivity contribution in [2.75, 3.05) is 6.54 Å². The second-order valence-corrected chi connectivity index (χ2v) is 7.61. The van der Waals surface area contributed by atoms with E-state index in [0.717, 1.165) is 36.5 Å². The highest BCUT2D eigenvalue weighted by Crippen LogP contribution is 2.35. The number of aromatic nitrogens is 4. The highest BCUT2D eigenvalue weighted by molar-refractivity contribution is 7.71. The van der Waals surface area contributed by atoms with Crippen LogP contribution in [0.1, 0.15) is 37.2 Å². The third-order valence-electron chi connectivity index (χ3n) is 4.66. The van der Waals surface area contributed by atoms with Gasteiger partial charge in [0.25, 0.3) is 0 Å². The standard InChI is InChI=1S/C17H21N5S2/c1-2-20-11-18-22(17(20)23)12-21-10-6-5-8-14(21)16-19-13-7-3-4-9-15(13)24-16/h3-4,7,9,11,14H,2,5-6,8,10,12H2,1H3/t14-/m1/s1. The van der Waals surface area contributed by atoms with Crippen LogP contribution in [-0.2, 0) is 13.2 Å². The van der Waals surface area contributed by atoms with Gasteiger partial charge in [-0.25, -0.2) is 9.67 Å². The predicted octanol–water partition coefficient (Wildman–Crippen LogP) is 4.23. The normalized spacial score (nSPS) is 19.1. The number of piperidine rings is 1. The second-order valence-electron chi connectivity index (χ2n) is 6.18. The fraction of sp³-hybridized carbons (Fsp3) is 0.471. The first-order valence-corrected chi connectivity index (χ1v) is 9.70. The molecule has 4 rings (SSSR count). The molecule has 0 bridgehead atoms. The van der Waals surface area contributed by atoms with Crippen LogP contribution in [0, 0.1) is 4.77 Å². The molecule has 1 aromatic carbocycles. The highest BCUT2D eigenvalue weighted by atomic mass is 32.1. The number of nitrogens with zero attached hydrogens (tertiary/aromatic N) is 5. The predicted molar refractivity (Wildman–Crippen MR) is 99.6 cm³/mol. The van der Waals surface area contributed by atoms with Gasteiger partial charge in [0.05, 0.1) is 22.9 Å². The van der Waals surface area contributed by atoms with Crippen LogP contribution in [0.25, 0.3) is 10.2 Å². The minimum Gasteiger partial charge on any atom is -0.307 e. The van der Waals surface area contributed by atoms with Crippen molar-refractivity contribution in [1.29, 1.82) is 0 Å². The quantitative estimate of drug-likeness (QED) is 0.654. The van der Waals surface area contributed by atoms with Gasteiger partial charge in [-0.15, -0.1) is 11.3 Å². The molecule has 0 aliphatic carbocycles. The minimum absolute atomic E-state index is 0.366. The van der Waals surface area contributed by atoms with E-state index in [-0.39, 0.29) is 0 Å². The number of fused-ring (bicyclic) bond motifs is 1. The van der Waals surface area contributed by atoms with Crippen molar-refractivity contribution >= 4 is 33.8 Å². The molecule has 1 aliphatic rings. The summed E-state index contributed by atoms with van der Waals surface area (Å²) in [6, 6.07) is 8.76. The summed E-state index contributed by atoms with van der Waals surface area (Å²) >= 11 is 7.34. The number of thiazole rings is 1. The van der Waals surface area contributed by atoms with E-state index in [1.165, 1.54) is 22.5 Å². The summed E-state index contributed by atoms with van der Waals surface area (Å²) in [6.07, 6.45) is 5.47. The molecule has 3 heterocycles. The third-order valence-corrected chi connectivity index (χ3v) is 6.25. The molecule has 1 saturated heterocycles. The second kappa shape index (κ2) is 6.74. The fourth-order valence-corrected chi connectivity index (χ4v) is 4.75. The number of hydrogen-bond acceptors (Lipinski definition) is 5. The molecule has 0 unspecified atom stereocenters. The third kappa shape index (κ3) is 2.92. The number of aryl methyl sites for hydroxylation is 1. The van der Waals surface area contributed by atoms with Gasteiger partial charge in [0, 0.05) is 13.1 Å². The maximum atomic E-state index is 5.52. The smallest absolute Gasteiger partial charge is 0.198 e. The Morgan fingerprint density at radius 1 is 1.29 bits per heavy atom. The van der Waals surface area contributed by atoms with E-state index in [0.29, 0.717) is 6.04 Å². The maximum Gasteiger partial charge on any atom is 0.198 e. The minimum atomic E-state index is 0.366.